The van der Waals surface area contributed by atoms with Gasteiger partial charge in [-0.05, 0) is 13.0 Å². The van der Waals surface area contributed by atoms with E-state index in [1.165, 1.54) is 6.07 Å². The number of aromatic nitrogens is 3. The highest BCUT2D eigenvalue weighted by Crippen LogP contribution is 2.19. The number of aryl methyl sites for hydroxylation is 1. The fraction of sp³-hybridized carbons (Fsp3) is 0.250. The van der Waals surface area contributed by atoms with Crippen LogP contribution in [0, 0.1) is 17.0 Å². The molecular weight excluding hydrogens is 276 g/mol. The van der Waals surface area contributed by atoms with Crippen LogP contribution in [-0.2, 0) is 13.6 Å². The van der Waals surface area contributed by atoms with Gasteiger partial charge in [0.25, 0.3) is 11.6 Å². The monoisotopic (exact) mass is 290 g/mol. The van der Waals surface area contributed by atoms with E-state index < -0.39 is 10.8 Å². The number of hydrogen-bond acceptors (Lipinski definition) is 6. The van der Waals surface area contributed by atoms with E-state index in [4.69, 9.17) is 5.73 Å². The van der Waals surface area contributed by atoms with E-state index in [2.05, 4.69) is 15.4 Å². The number of anilines is 1. The molecular formula is C12H14N6O3. The second-order valence-corrected chi connectivity index (χ2v) is 4.44. The minimum atomic E-state index is -0.670. The fourth-order valence-electron chi connectivity index (χ4n) is 1.78. The Balaban J connectivity index is 2.19. The molecule has 0 radical (unpaired) electrons. The first-order chi connectivity index (χ1) is 9.90. The molecule has 9 nitrogen and oxygen atoms in total. The van der Waals surface area contributed by atoms with Crippen molar-refractivity contribution in [2.75, 3.05) is 5.73 Å². The number of nitro groups is 1. The highest BCUT2D eigenvalue weighted by molar-refractivity contribution is 5.98. The summed E-state index contributed by atoms with van der Waals surface area (Å²) in [6.07, 6.45) is 2.60. The number of carbonyl (C=O) groups excluding carboxylic acids is 1. The first kappa shape index (κ1) is 14.4. The second kappa shape index (κ2) is 5.57. The van der Waals surface area contributed by atoms with Crippen LogP contribution < -0.4 is 11.1 Å². The largest absolute Gasteiger partial charge is 0.384 e. The van der Waals surface area contributed by atoms with Crippen LogP contribution in [0.25, 0.3) is 0 Å². The van der Waals surface area contributed by atoms with Crippen molar-refractivity contribution in [2.45, 2.75) is 13.5 Å². The van der Waals surface area contributed by atoms with E-state index in [1.807, 2.05) is 6.92 Å². The summed E-state index contributed by atoms with van der Waals surface area (Å²) in [6, 6.07) is 1.18. The molecule has 2 heterocycles. The normalized spacial score (nSPS) is 10.4. The molecule has 0 aromatic carbocycles. The molecule has 110 valence electrons. The van der Waals surface area contributed by atoms with Crippen LogP contribution in [0.3, 0.4) is 0 Å². The number of carbonyl (C=O) groups is 1. The van der Waals surface area contributed by atoms with Gasteiger partial charge in [-0.2, -0.15) is 5.10 Å². The molecule has 0 bridgehead atoms. The Morgan fingerprint density at radius 1 is 1.52 bits per heavy atom. The van der Waals surface area contributed by atoms with E-state index in [1.54, 1.807) is 17.9 Å². The summed E-state index contributed by atoms with van der Waals surface area (Å²) in [7, 11) is 1.79. The van der Waals surface area contributed by atoms with Gasteiger partial charge in [0.1, 0.15) is 17.6 Å². The molecule has 0 atom stereocenters. The lowest BCUT2D eigenvalue weighted by Crippen LogP contribution is -2.24. The van der Waals surface area contributed by atoms with Crippen LogP contribution in [0.4, 0.5) is 11.5 Å². The molecule has 2 aromatic heterocycles. The second-order valence-electron chi connectivity index (χ2n) is 4.44. The summed E-state index contributed by atoms with van der Waals surface area (Å²) in [4.78, 5) is 25.9. The molecule has 0 fully saturated rings. The molecule has 21 heavy (non-hydrogen) atoms. The van der Waals surface area contributed by atoms with Gasteiger partial charge in [-0.1, -0.05) is 0 Å². The lowest BCUT2D eigenvalue weighted by Gasteiger charge is -2.06. The van der Waals surface area contributed by atoms with E-state index in [0.717, 1.165) is 17.5 Å². The van der Waals surface area contributed by atoms with E-state index in [-0.39, 0.29) is 23.6 Å². The number of hydrogen-bond donors (Lipinski definition) is 2. The summed E-state index contributed by atoms with van der Waals surface area (Å²) < 4.78 is 1.67. The Kier molecular flexibility index (Phi) is 3.83. The van der Waals surface area contributed by atoms with Crippen molar-refractivity contribution in [3.63, 3.8) is 0 Å². The van der Waals surface area contributed by atoms with Gasteiger partial charge in [-0.3, -0.25) is 19.6 Å². The third kappa shape index (κ3) is 2.96. The molecule has 1 amide bonds. The molecule has 0 aliphatic rings. The molecule has 0 spiro atoms. The first-order valence-corrected chi connectivity index (χ1v) is 6.05. The van der Waals surface area contributed by atoms with Crippen LogP contribution in [0.1, 0.15) is 21.6 Å². The maximum atomic E-state index is 12.1. The fourth-order valence-corrected chi connectivity index (χ4v) is 1.78. The topological polar surface area (TPSA) is 129 Å². The van der Waals surface area contributed by atoms with Crippen LogP contribution >= 0.6 is 0 Å². The van der Waals surface area contributed by atoms with Crippen molar-refractivity contribution in [1.82, 2.24) is 20.1 Å². The van der Waals surface area contributed by atoms with Crippen LogP contribution in [0.5, 0.6) is 0 Å². The number of amides is 1. The highest BCUT2D eigenvalue weighted by Gasteiger charge is 2.21. The summed E-state index contributed by atoms with van der Waals surface area (Å²) in [5.74, 6) is -0.539. The van der Waals surface area contributed by atoms with E-state index >= 15 is 0 Å². The zero-order valence-electron chi connectivity index (χ0n) is 11.5. The van der Waals surface area contributed by atoms with Crippen molar-refractivity contribution < 1.29 is 9.72 Å². The lowest BCUT2D eigenvalue weighted by molar-refractivity contribution is -0.385. The van der Waals surface area contributed by atoms with Gasteiger partial charge in [-0.15, -0.1) is 0 Å². The molecule has 0 saturated heterocycles. The summed E-state index contributed by atoms with van der Waals surface area (Å²) in [5.41, 5.74) is 6.70. The highest BCUT2D eigenvalue weighted by atomic mass is 16.6. The first-order valence-electron chi connectivity index (χ1n) is 6.05. The number of nitrogens with two attached hydrogens (primary N) is 1. The Labute approximate surface area is 119 Å². The van der Waals surface area contributed by atoms with Crippen molar-refractivity contribution in [3.8, 4) is 0 Å². The number of pyridine rings is 1. The quantitative estimate of drug-likeness (QED) is 0.624. The zero-order valence-corrected chi connectivity index (χ0v) is 11.5. The molecule has 2 rings (SSSR count). The van der Waals surface area contributed by atoms with Crippen molar-refractivity contribution >= 4 is 17.4 Å². The summed E-state index contributed by atoms with van der Waals surface area (Å²) in [6.45, 7) is 2.08. The Morgan fingerprint density at radius 2 is 2.24 bits per heavy atom. The van der Waals surface area contributed by atoms with Gasteiger partial charge < -0.3 is 11.1 Å². The zero-order chi connectivity index (χ0) is 15.6. The third-order valence-electron chi connectivity index (χ3n) is 3.12. The molecule has 0 aliphatic heterocycles. The van der Waals surface area contributed by atoms with Crippen LogP contribution in [0.2, 0.25) is 0 Å². The smallest absolute Gasteiger partial charge is 0.300 e. The van der Waals surface area contributed by atoms with Gasteiger partial charge in [0.05, 0.1) is 11.1 Å². The van der Waals surface area contributed by atoms with Crippen molar-refractivity contribution in [1.29, 1.82) is 0 Å². The molecule has 0 saturated carbocycles. The van der Waals surface area contributed by atoms with Gasteiger partial charge >= 0.3 is 0 Å². The van der Waals surface area contributed by atoms with Crippen LogP contribution in [-0.4, -0.2) is 25.6 Å². The number of rotatable bonds is 4. The van der Waals surface area contributed by atoms with Crippen LogP contribution in [0.15, 0.2) is 18.5 Å². The predicted octanol–water partition coefficient (Wildman–Crippen LogP) is 0.544. The summed E-state index contributed by atoms with van der Waals surface area (Å²) in [5, 5.41) is 17.6. The molecule has 3 N–H and O–H groups in total. The molecule has 9 heteroatoms. The summed E-state index contributed by atoms with van der Waals surface area (Å²) >= 11 is 0. The van der Waals surface area contributed by atoms with E-state index in [0.29, 0.717) is 0 Å². The maximum absolute atomic E-state index is 12.1. The lowest BCUT2D eigenvalue weighted by atomic mass is 10.2. The Morgan fingerprint density at radius 3 is 2.81 bits per heavy atom. The Hall–Kier alpha value is -2.97. The Bertz CT molecular complexity index is 709. The van der Waals surface area contributed by atoms with Crippen molar-refractivity contribution in [3.05, 3.63) is 45.4 Å². The molecule has 2 aromatic rings. The van der Waals surface area contributed by atoms with Gasteiger partial charge in [-0.25, -0.2) is 4.98 Å². The molecule has 0 unspecified atom stereocenters. The van der Waals surface area contributed by atoms with Gasteiger partial charge in [0.2, 0.25) is 0 Å². The van der Waals surface area contributed by atoms with Gasteiger partial charge in [0.15, 0.2) is 0 Å². The average molecular weight is 290 g/mol. The predicted molar refractivity (Wildman–Crippen MR) is 74.4 cm³/mol. The standard InChI is InChI=1S/C12H14N6O3/c1-7-8(5-16-17(7)2)4-15-12(19)9-3-11(13)14-6-10(9)18(20)21/h3,5-6H,4H2,1-2H3,(H2,13,14)(H,15,19). The van der Waals surface area contributed by atoms with Crippen molar-refractivity contribution in [2.24, 2.45) is 7.05 Å². The van der Waals surface area contributed by atoms with E-state index in [9.17, 15) is 14.9 Å². The molecule has 0 aliphatic carbocycles. The SMILES string of the molecule is Cc1c(CNC(=O)c2cc(N)ncc2[N+](=O)[O-])cnn1C. The number of nitrogens with zero attached hydrogens (tertiary/aromatic N) is 4. The maximum Gasteiger partial charge on any atom is 0.300 e. The third-order valence-corrected chi connectivity index (χ3v) is 3.12. The number of nitrogens with one attached hydrogen (secondary N) is 1. The average Bonchev–Trinajstić information content (AvgIpc) is 2.75. The number of nitrogen functional groups attached to an aromatic ring is 1. The van der Waals surface area contributed by atoms with Gasteiger partial charge in [0, 0.05) is 24.8 Å². The minimum absolute atomic E-state index is 0.0447. The minimum Gasteiger partial charge on any atom is -0.384 e.